The van der Waals surface area contributed by atoms with E-state index < -0.39 is 55.6 Å². The number of nitrogen functional groups attached to an aromatic ring is 1. The zero-order valence-electron chi connectivity index (χ0n) is 22.5. The summed E-state index contributed by atoms with van der Waals surface area (Å²) in [5, 5.41) is 9.65. The van der Waals surface area contributed by atoms with Crippen LogP contribution in [0.4, 0.5) is 38.1 Å². The van der Waals surface area contributed by atoms with E-state index in [1.165, 1.54) is 23.2 Å². The van der Waals surface area contributed by atoms with Gasteiger partial charge in [0.15, 0.2) is 0 Å². The van der Waals surface area contributed by atoms with Crippen LogP contribution in [-0.2, 0) is 25.6 Å². The first kappa shape index (κ1) is 33.7. The lowest BCUT2D eigenvalue weighted by atomic mass is 9.95. The van der Waals surface area contributed by atoms with Gasteiger partial charge in [0.05, 0.1) is 12.3 Å². The number of sulfonamides is 2. The summed E-state index contributed by atoms with van der Waals surface area (Å²) in [7, 11) is -8.11. The number of hydrogen-bond acceptors (Lipinski definition) is 10. The molecule has 0 aromatic carbocycles. The molecule has 3 heterocycles. The zero-order valence-corrected chi connectivity index (χ0v) is 24.1. The number of hydrogen-bond donors (Lipinski definition) is 2. The molecule has 0 saturated carbocycles. The molecule has 0 bridgehead atoms. The Hall–Kier alpha value is -2.81. The van der Waals surface area contributed by atoms with Crippen molar-refractivity contribution in [3.8, 4) is 0 Å². The van der Waals surface area contributed by atoms with Crippen LogP contribution < -0.4 is 10.6 Å². The van der Waals surface area contributed by atoms with Crippen molar-refractivity contribution in [3.63, 3.8) is 0 Å². The molecule has 1 atom stereocenters. The molecule has 2 aromatic heterocycles. The van der Waals surface area contributed by atoms with Gasteiger partial charge in [-0.15, -0.1) is 0 Å². The van der Waals surface area contributed by atoms with Gasteiger partial charge in [-0.05, 0) is 18.1 Å². The van der Waals surface area contributed by atoms with Crippen LogP contribution in [0.15, 0.2) is 35.6 Å². The zero-order chi connectivity index (χ0) is 31.9. The van der Waals surface area contributed by atoms with Crippen LogP contribution in [0.25, 0.3) is 0 Å². The molecule has 2 aromatic rings. The maximum absolute atomic E-state index is 13.4. The second-order valence-corrected chi connectivity index (χ2v) is 13.9. The normalized spacial score (nSPS) is 18.2. The third-order valence-electron chi connectivity index (χ3n) is 6.45. The van der Waals surface area contributed by atoms with Crippen LogP contribution in [-0.4, -0.2) is 103 Å². The molecule has 42 heavy (non-hydrogen) atoms. The molecule has 20 heteroatoms. The van der Waals surface area contributed by atoms with Crippen LogP contribution in [0.1, 0.15) is 19.4 Å². The Morgan fingerprint density at radius 2 is 1.62 bits per heavy atom. The highest BCUT2D eigenvalue weighted by atomic mass is 32.2. The molecule has 0 amide bonds. The van der Waals surface area contributed by atoms with E-state index in [1.807, 2.05) is 0 Å². The molecule has 1 aliphatic rings. The Balaban J connectivity index is 2.04. The summed E-state index contributed by atoms with van der Waals surface area (Å²) in [6, 6.07) is 1.53. The Morgan fingerprint density at radius 1 is 1.05 bits per heavy atom. The number of aliphatic hydroxyl groups is 1. The van der Waals surface area contributed by atoms with Crippen molar-refractivity contribution in [2.75, 3.05) is 49.6 Å². The van der Waals surface area contributed by atoms with Crippen molar-refractivity contribution < 1.29 is 48.3 Å². The molecule has 3 N–H and O–H groups in total. The summed E-state index contributed by atoms with van der Waals surface area (Å²) < 4.78 is 134. The van der Waals surface area contributed by atoms with E-state index in [0.29, 0.717) is 0 Å². The summed E-state index contributed by atoms with van der Waals surface area (Å²) in [5.74, 6) is -0.856. The topological polar surface area (TPSA) is 163 Å². The van der Waals surface area contributed by atoms with Crippen LogP contribution in [0.5, 0.6) is 0 Å². The first-order chi connectivity index (χ1) is 19.1. The predicted octanol–water partition coefficient (Wildman–Crippen LogP) is 1.56. The van der Waals surface area contributed by atoms with Crippen molar-refractivity contribution >= 4 is 31.8 Å². The van der Waals surface area contributed by atoms with Gasteiger partial charge < -0.3 is 15.7 Å². The van der Waals surface area contributed by atoms with Gasteiger partial charge in [-0.3, -0.25) is 0 Å². The Morgan fingerprint density at radius 3 is 2.10 bits per heavy atom. The van der Waals surface area contributed by atoms with Gasteiger partial charge in [0.1, 0.15) is 10.7 Å². The fourth-order valence-electron chi connectivity index (χ4n) is 4.36. The molecule has 3 rings (SSSR count). The second-order valence-electron chi connectivity index (χ2n) is 10.0. The van der Waals surface area contributed by atoms with Crippen molar-refractivity contribution in [3.05, 3.63) is 36.3 Å². The standard InChI is InChI=1S/C22H29F6N7O5S2/c1-14(2)11-34(41(3,37)38)13-16-12-33(42(39,40)17-5-4-6-30-18(17)29)7-8-35(16)19-31-9-15(10-32-19)20(36,21(23,24)25)22(26,27)28/h4-6,9-10,14,16,36H,7-8,11-13H2,1-3H3,(H2,29,30)/t16-/m1/s1. The summed E-state index contributed by atoms with van der Waals surface area (Å²) in [4.78, 5) is 12.0. The molecule has 0 aliphatic carbocycles. The van der Waals surface area contributed by atoms with Gasteiger partial charge in [0.25, 0.3) is 5.60 Å². The predicted molar refractivity (Wildman–Crippen MR) is 138 cm³/mol. The van der Waals surface area contributed by atoms with E-state index in [0.717, 1.165) is 14.9 Å². The number of halogens is 6. The van der Waals surface area contributed by atoms with Crippen LogP contribution in [0.3, 0.4) is 0 Å². The molecule has 0 radical (unpaired) electrons. The van der Waals surface area contributed by atoms with E-state index in [2.05, 4.69) is 15.0 Å². The molecule has 1 fully saturated rings. The SMILES string of the molecule is CC(C)CN(C[C@H]1CN(S(=O)(=O)c2cccnc2N)CCN1c1ncc(C(O)(C(F)(F)F)C(F)(F)F)cn1)S(C)(=O)=O. The van der Waals surface area contributed by atoms with Crippen molar-refractivity contribution in [2.24, 2.45) is 5.92 Å². The minimum atomic E-state index is -6.15. The van der Waals surface area contributed by atoms with Crippen molar-refractivity contribution in [1.82, 2.24) is 23.6 Å². The average molecular weight is 650 g/mol. The number of pyridine rings is 1. The van der Waals surface area contributed by atoms with Crippen LogP contribution in [0.2, 0.25) is 0 Å². The first-order valence-electron chi connectivity index (χ1n) is 12.2. The molecule has 12 nitrogen and oxygen atoms in total. The lowest BCUT2D eigenvalue weighted by Gasteiger charge is -2.42. The Labute approximate surface area is 238 Å². The molecule has 0 unspecified atom stereocenters. The highest BCUT2D eigenvalue weighted by Crippen LogP contribution is 2.49. The second kappa shape index (κ2) is 11.7. The van der Waals surface area contributed by atoms with E-state index in [4.69, 9.17) is 5.73 Å². The van der Waals surface area contributed by atoms with E-state index >= 15 is 0 Å². The number of anilines is 2. The van der Waals surface area contributed by atoms with E-state index in [1.54, 1.807) is 13.8 Å². The third kappa shape index (κ3) is 6.71. The monoisotopic (exact) mass is 649 g/mol. The highest BCUT2D eigenvalue weighted by molar-refractivity contribution is 7.89. The maximum Gasteiger partial charge on any atom is 0.430 e. The van der Waals surface area contributed by atoms with Crippen LogP contribution in [0, 0.1) is 5.92 Å². The lowest BCUT2D eigenvalue weighted by molar-refractivity contribution is -0.376. The Kier molecular flexibility index (Phi) is 9.39. The van der Waals surface area contributed by atoms with Crippen molar-refractivity contribution in [1.29, 1.82) is 0 Å². The van der Waals surface area contributed by atoms with E-state index in [-0.39, 0.29) is 61.7 Å². The van der Waals surface area contributed by atoms with Gasteiger partial charge in [0, 0.05) is 56.9 Å². The number of nitrogens with zero attached hydrogens (tertiary/aromatic N) is 6. The summed E-state index contributed by atoms with van der Waals surface area (Å²) in [6.45, 7) is 2.32. The molecule has 1 aliphatic heterocycles. The number of aromatic nitrogens is 3. The minimum Gasteiger partial charge on any atom is -0.383 e. The van der Waals surface area contributed by atoms with Gasteiger partial charge in [-0.2, -0.15) is 35.0 Å². The fraction of sp³-hybridized carbons (Fsp3) is 0.591. The van der Waals surface area contributed by atoms with Gasteiger partial charge in [-0.1, -0.05) is 13.8 Å². The average Bonchev–Trinajstić information content (AvgIpc) is 2.86. The van der Waals surface area contributed by atoms with Gasteiger partial charge in [0.2, 0.25) is 26.0 Å². The summed E-state index contributed by atoms with van der Waals surface area (Å²) in [5.41, 5.74) is -1.18. The highest BCUT2D eigenvalue weighted by Gasteiger charge is 2.71. The largest absolute Gasteiger partial charge is 0.430 e. The number of alkyl halides is 6. The molecule has 236 valence electrons. The number of nitrogens with two attached hydrogens (primary N) is 1. The lowest BCUT2D eigenvalue weighted by Crippen LogP contribution is -2.59. The summed E-state index contributed by atoms with van der Waals surface area (Å²) in [6.07, 6.45) is -9.75. The molecular weight excluding hydrogens is 620 g/mol. The summed E-state index contributed by atoms with van der Waals surface area (Å²) >= 11 is 0. The number of piperazine rings is 1. The number of rotatable bonds is 9. The maximum atomic E-state index is 13.4. The van der Waals surface area contributed by atoms with Gasteiger partial charge in [-0.25, -0.2) is 31.8 Å². The van der Waals surface area contributed by atoms with E-state index in [9.17, 15) is 48.3 Å². The quantitative estimate of drug-likeness (QED) is 0.381. The molecular formula is C22H29F6N7O5S2. The fourth-order valence-corrected chi connectivity index (χ4v) is 6.90. The Bertz CT molecular complexity index is 1460. The minimum absolute atomic E-state index is 0.0233. The van der Waals surface area contributed by atoms with Crippen molar-refractivity contribution in [2.45, 2.75) is 42.7 Å². The smallest absolute Gasteiger partial charge is 0.383 e. The van der Waals surface area contributed by atoms with Gasteiger partial charge >= 0.3 is 12.4 Å². The molecule has 1 saturated heterocycles. The van der Waals surface area contributed by atoms with Crippen LogP contribution >= 0.6 is 0 Å². The first-order valence-corrected chi connectivity index (χ1v) is 15.5. The third-order valence-corrected chi connectivity index (χ3v) is 9.60. The molecule has 0 spiro atoms.